The van der Waals surface area contributed by atoms with E-state index in [1.807, 2.05) is 32.0 Å². The Hall–Kier alpha value is -2.30. The number of rotatable bonds is 4. The number of H-pyrrole nitrogens is 1. The van der Waals surface area contributed by atoms with Crippen molar-refractivity contribution in [2.24, 2.45) is 0 Å². The van der Waals surface area contributed by atoms with Crippen LogP contribution >= 0.6 is 0 Å². The monoisotopic (exact) mass is 273 g/mol. The molecule has 0 fully saturated rings. The van der Waals surface area contributed by atoms with Crippen molar-refractivity contribution in [3.8, 4) is 0 Å². The maximum absolute atomic E-state index is 12.4. The van der Waals surface area contributed by atoms with E-state index in [4.69, 9.17) is 0 Å². The fourth-order valence-corrected chi connectivity index (χ4v) is 2.12. The molecule has 5 heteroatoms. The number of hydrogen-bond acceptors (Lipinski definition) is 2. The summed E-state index contributed by atoms with van der Waals surface area (Å²) in [6, 6.07) is 7.52. The van der Waals surface area contributed by atoms with Crippen LogP contribution in [0.1, 0.15) is 24.2 Å². The zero-order valence-corrected chi connectivity index (χ0v) is 11.9. The van der Waals surface area contributed by atoms with Gasteiger partial charge in [-0.05, 0) is 26.0 Å². The molecule has 0 aliphatic carbocycles. The molecule has 0 spiro atoms. The van der Waals surface area contributed by atoms with Crippen molar-refractivity contribution in [3.63, 3.8) is 0 Å². The van der Waals surface area contributed by atoms with Gasteiger partial charge < -0.3 is 15.2 Å². The molecule has 5 nitrogen and oxygen atoms in total. The highest BCUT2D eigenvalue weighted by molar-refractivity contribution is 6.06. The summed E-state index contributed by atoms with van der Waals surface area (Å²) in [6.07, 6.45) is 1.80. The van der Waals surface area contributed by atoms with Crippen LogP contribution in [0.2, 0.25) is 0 Å². The van der Waals surface area contributed by atoms with Gasteiger partial charge in [0.1, 0.15) is 0 Å². The Morgan fingerprint density at radius 2 is 2.05 bits per heavy atom. The third kappa shape index (κ3) is 2.99. The second kappa shape index (κ2) is 5.77. The van der Waals surface area contributed by atoms with Gasteiger partial charge in [-0.3, -0.25) is 9.59 Å². The van der Waals surface area contributed by atoms with Gasteiger partial charge in [0.25, 0.3) is 5.91 Å². The smallest absolute Gasteiger partial charge is 0.256 e. The molecule has 106 valence electrons. The normalized spacial score (nSPS) is 10.8. The molecule has 2 N–H and O–H groups in total. The summed E-state index contributed by atoms with van der Waals surface area (Å²) in [5.41, 5.74) is 1.38. The third-order valence-electron chi connectivity index (χ3n) is 2.99. The first kappa shape index (κ1) is 14.1. The largest absolute Gasteiger partial charge is 0.361 e. The van der Waals surface area contributed by atoms with E-state index < -0.39 is 0 Å². The van der Waals surface area contributed by atoms with Gasteiger partial charge in [-0.15, -0.1) is 0 Å². The molecule has 1 heterocycles. The van der Waals surface area contributed by atoms with Crippen LogP contribution in [-0.4, -0.2) is 41.3 Å². The van der Waals surface area contributed by atoms with Crippen LogP contribution in [0, 0.1) is 0 Å². The number of aromatic amines is 1. The number of likely N-dealkylation sites (N-methyl/N-ethyl adjacent to an activating group) is 1. The number of para-hydroxylation sites is 1. The topological polar surface area (TPSA) is 65.2 Å². The van der Waals surface area contributed by atoms with Crippen LogP contribution in [0.5, 0.6) is 0 Å². The van der Waals surface area contributed by atoms with Gasteiger partial charge >= 0.3 is 0 Å². The lowest BCUT2D eigenvalue weighted by molar-refractivity contribution is -0.122. The molecule has 0 radical (unpaired) electrons. The van der Waals surface area contributed by atoms with Crippen molar-refractivity contribution in [1.82, 2.24) is 15.2 Å². The van der Waals surface area contributed by atoms with Crippen molar-refractivity contribution in [3.05, 3.63) is 36.0 Å². The maximum atomic E-state index is 12.4. The maximum Gasteiger partial charge on any atom is 0.256 e. The van der Waals surface area contributed by atoms with E-state index in [0.717, 1.165) is 10.9 Å². The molecule has 2 aromatic rings. The second-order valence-electron chi connectivity index (χ2n) is 5.13. The zero-order valence-electron chi connectivity index (χ0n) is 11.9. The minimum Gasteiger partial charge on any atom is -0.361 e. The molecule has 1 aromatic carbocycles. The summed E-state index contributed by atoms with van der Waals surface area (Å²) in [6.45, 7) is 3.83. The predicted octanol–water partition coefficient (Wildman–Crippen LogP) is 1.76. The van der Waals surface area contributed by atoms with Crippen LogP contribution < -0.4 is 5.32 Å². The van der Waals surface area contributed by atoms with Crippen LogP contribution in [0.4, 0.5) is 0 Å². The van der Waals surface area contributed by atoms with Gasteiger partial charge in [0.05, 0.1) is 17.6 Å². The molecule has 0 bridgehead atoms. The van der Waals surface area contributed by atoms with E-state index in [0.29, 0.717) is 5.56 Å². The SMILES string of the molecule is CC(C)NC(=O)CN(C)C(=O)c1cccc2cc[nH]c12. The molecule has 1 aromatic heterocycles. The standard InChI is InChI=1S/C15H19N3O2/c1-10(2)17-13(19)9-18(3)15(20)12-6-4-5-11-7-8-16-14(11)12/h4-8,10,16H,9H2,1-3H3,(H,17,19). The minimum atomic E-state index is -0.169. The molecule has 2 rings (SSSR count). The molecule has 0 unspecified atom stereocenters. The number of benzene rings is 1. The Morgan fingerprint density at radius 3 is 2.75 bits per heavy atom. The fraction of sp³-hybridized carbons (Fsp3) is 0.333. The number of nitrogens with one attached hydrogen (secondary N) is 2. The first-order valence-corrected chi connectivity index (χ1v) is 6.60. The van der Waals surface area contributed by atoms with E-state index in [1.54, 1.807) is 19.3 Å². The van der Waals surface area contributed by atoms with Gasteiger partial charge in [0, 0.05) is 24.7 Å². The highest BCUT2D eigenvalue weighted by Gasteiger charge is 2.17. The molecule has 2 amide bonds. The lowest BCUT2D eigenvalue weighted by Crippen LogP contribution is -2.40. The van der Waals surface area contributed by atoms with Crippen LogP contribution in [-0.2, 0) is 4.79 Å². The fourth-order valence-electron chi connectivity index (χ4n) is 2.12. The summed E-state index contributed by atoms with van der Waals surface area (Å²) in [5, 5.41) is 3.75. The summed E-state index contributed by atoms with van der Waals surface area (Å²) in [5.74, 6) is -0.327. The van der Waals surface area contributed by atoms with E-state index in [9.17, 15) is 9.59 Å². The summed E-state index contributed by atoms with van der Waals surface area (Å²) < 4.78 is 0. The van der Waals surface area contributed by atoms with E-state index in [-0.39, 0.29) is 24.4 Å². The third-order valence-corrected chi connectivity index (χ3v) is 2.99. The summed E-state index contributed by atoms with van der Waals surface area (Å²) >= 11 is 0. The van der Waals surface area contributed by atoms with Gasteiger partial charge in [-0.25, -0.2) is 0 Å². The molecule has 20 heavy (non-hydrogen) atoms. The lowest BCUT2D eigenvalue weighted by Gasteiger charge is -2.18. The summed E-state index contributed by atoms with van der Waals surface area (Å²) in [4.78, 5) is 28.6. The zero-order chi connectivity index (χ0) is 14.7. The molecule has 0 saturated carbocycles. The minimum absolute atomic E-state index is 0.0497. The molecule has 0 saturated heterocycles. The van der Waals surface area contributed by atoms with Crippen molar-refractivity contribution < 1.29 is 9.59 Å². The summed E-state index contributed by atoms with van der Waals surface area (Å²) in [7, 11) is 1.63. The predicted molar refractivity (Wildman–Crippen MR) is 78.5 cm³/mol. The quantitative estimate of drug-likeness (QED) is 0.891. The number of carbonyl (C=O) groups excluding carboxylic acids is 2. The van der Waals surface area contributed by atoms with Gasteiger partial charge in [0.15, 0.2) is 0 Å². The number of carbonyl (C=O) groups is 2. The van der Waals surface area contributed by atoms with Crippen LogP contribution in [0.15, 0.2) is 30.5 Å². The van der Waals surface area contributed by atoms with Gasteiger partial charge in [-0.2, -0.15) is 0 Å². The Labute approximate surface area is 118 Å². The molecule has 0 aliphatic heterocycles. The number of aromatic nitrogens is 1. The average Bonchev–Trinajstić information content (AvgIpc) is 2.84. The molecular formula is C15H19N3O2. The Kier molecular flexibility index (Phi) is 4.08. The number of hydrogen-bond donors (Lipinski definition) is 2. The van der Waals surface area contributed by atoms with E-state index >= 15 is 0 Å². The average molecular weight is 273 g/mol. The lowest BCUT2D eigenvalue weighted by atomic mass is 10.1. The highest BCUT2D eigenvalue weighted by atomic mass is 16.2. The van der Waals surface area contributed by atoms with Crippen molar-refractivity contribution >= 4 is 22.7 Å². The molecule has 0 atom stereocenters. The first-order chi connectivity index (χ1) is 9.49. The number of amides is 2. The van der Waals surface area contributed by atoms with Gasteiger partial charge in [-0.1, -0.05) is 12.1 Å². The highest BCUT2D eigenvalue weighted by Crippen LogP contribution is 2.18. The van der Waals surface area contributed by atoms with Crippen molar-refractivity contribution in [1.29, 1.82) is 0 Å². The number of nitrogens with zero attached hydrogens (tertiary/aromatic N) is 1. The van der Waals surface area contributed by atoms with Crippen LogP contribution in [0.3, 0.4) is 0 Å². The van der Waals surface area contributed by atoms with Crippen LogP contribution in [0.25, 0.3) is 10.9 Å². The molecule has 0 aliphatic rings. The Morgan fingerprint density at radius 1 is 1.30 bits per heavy atom. The first-order valence-electron chi connectivity index (χ1n) is 6.60. The Balaban J connectivity index is 2.14. The van der Waals surface area contributed by atoms with E-state index in [2.05, 4.69) is 10.3 Å². The molecular weight excluding hydrogens is 254 g/mol. The Bertz CT molecular complexity index is 631. The van der Waals surface area contributed by atoms with Crippen molar-refractivity contribution in [2.45, 2.75) is 19.9 Å². The van der Waals surface area contributed by atoms with Gasteiger partial charge in [0.2, 0.25) is 5.91 Å². The second-order valence-corrected chi connectivity index (χ2v) is 5.13. The number of fused-ring (bicyclic) bond motifs is 1. The van der Waals surface area contributed by atoms with Crippen molar-refractivity contribution in [2.75, 3.05) is 13.6 Å². The van der Waals surface area contributed by atoms with E-state index in [1.165, 1.54) is 4.90 Å².